The molecule has 1 atom stereocenters. The van der Waals surface area contributed by atoms with Gasteiger partial charge in [0.2, 0.25) is 5.96 Å². The molecule has 0 radical (unpaired) electrons. The Labute approximate surface area is 208 Å². The molecule has 34 heavy (non-hydrogen) atoms. The molecule has 2 N–H and O–H groups in total. The van der Waals surface area contributed by atoms with Gasteiger partial charge in [-0.25, -0.2) is 5.01 Å². The van der Waals surface area contributed by atoms with Gasteiger partial charge in [-0.15, -0.1) is 4.40 Å². The van der Waals surface area contributed by atoms with Gasteiger partial charge in [-0.3, -0.25) is 0 Å². The fraction of sp³-hybridized carbons (Fsp3) is 0.167. The quantitative estimate of drug-likeness (QED) is 0.390. The summed E-state index contributed by atoms with van der Waals surface area (Å²) in [5, 5.41) is 21.7. The Morgan fingerprint density at radius 2 is 1.62 bits per heavy atom. The molecule has 7 nitrogen and oxygen atoms in total. The molecular weight excluding hydrogens is 495 g/mol. The van der Waals surface area contributed by atoms with Crippen molar-refractivity contribution in [2.45, 2.75) is 17.4 Å². The average Bonchev–Trinajstić information content (AvgIpc) is 3.19. The first kappa shape index (κ1) is 24.2. The number of rotatable bonds is 5. The van der Waals surface area contributed by atoms with E-state index < -0.39 is 15.6 Å². The summed E-state index contributed by atoms with van der Waals surface area (Å²) in [6.07, 6.45) is 0. The highest BCUT2D eigenvalue weighted by Gasteiger charge is 2.44. The monoisotopic (exact) mass is 516 g/mol. The first-order valence-corrected chi connectivity index (χ1v) is 12.7. The van der Waals surface area contributed by atoms with E-state index in [4.69, 9.17) is 23.2 Å². The predicted molar refractivity (Wildman–Crippen MR) is 135 cm³/mol. The molecule has 0 spiro atoms. The number of guanidine groups is 1. The number of benzene rings is 3. The van der Waals surface area contributed by atoms with Crippen LogP contribution in [-0.2, 0) is 15.6 Å². The highest BCUT2D eigenvalue weighted by atomic mass is 35.5. The fourth-order valence-electron chi connectivity index (χ4n) is 3.60. The second kappa shape index (κ2) is 9.76. The molecule has 3 aromatic rings. The molecule has 1 unspecified atom stereocenters. The van der Waals surface area contributed by atoms with Crippen molar-refractivity contribution in [3.63, 3.8) is 0 Å². The number of sulfonamides is 1. The number of halogens is 2. The predicted octanol–water partition coefficient (Wildman–Crippen LogP) is 4.26. The maximum absolute atomic E-state index is 13.0. The van der Waals surface area contributed by atoms with Crippen molar-refractivity contribution in [1.82, 2.24) is 10.3 Å². The highest BCUT2D eigenvalue weighted by Crippen LogP contribution is 2.33. The van der Waals surface area contributed by atoms with Gasteiger partial charge >= 0.3 is 0 Å². The van der Waals surface area contributed by atoms with Crippen LogP contribution in [0.25, 0.3) is 0 Å². The normalized spacial score (nSPS) is 18.6. The van der Waals surface area contributed by atoms with Crippen molar-refractivity contribution < 1.29 is 13.5 Å². The zero-order valence-electron chi connectivity index (χ0n) is 18.2. The Morgan fingerprint density at radius 3 is 2.21 bits per heavy atom. The van der Waals surface area contributed by atoms with Crippen molar-refractivity contribution in [2.24, 2.45) is 9.50 Å². The third kappa shape index (κ3) is 4.95. The standard InChI is InChI=1S/C24H22Cl2N4O3S/c1-2-27-23(29-34(32,33)21-14-12-20(26)13-15-21)30-16-24(31,18-6-4-3-5-7-18)22(28-30)17-8-10-19(25)11-9-17/h3-15,31H,2,16H2,1H3,(H,27,29). The molecule has 4 rings (SSSR count). The van der Waals surface area contributed by atoms with Crippen molar-refractivity contribution in [1.29, 1.82) is 0 Å². The third-order valence-electron chi connectivity index (χ3n) is 5.26. The second-order valence-corrected chi connectivity index (χ2v) is 10.1. The van der Waals surface area contributed by atoms with E-state index in [0.29, 0.717) is 33.4 Å². The summed E-state index contributed by atoms with van der Waals surface area (Å²) in [7, 11) is -4.07. The Balaban J connectivity index is 1.80. The van der Waals surface area contributed by atoms with Crippen LogP contribution in [0.4, 0.5) is 0 Å². The number of hydrazone groups is 1. The molecule has 1 aliphatic heterocycles. The molecule has 0 aliphatic carbocycles. The molecule has 0 aromatic heterocycles. The summed E-state index contributed by atoms with van der Waals surface area (Å²) >= 11 is 11.9. The van der Waals surface area contributed by atoms with Crippen LogP contribution in [0, 0.1) is 0 Å². The molecule has 1 aliphatic rings. The van der Waals surface area contributed by atoms with Crippen molar-refractivity contribution in [3.8, 4) is 0 Å². The number of aliphatic hydroxyl groups is 1. The van der Waals surface area contributed by atoms with Crippen molar-refractivity contribution in [3.05, 3.63) is 100 Å². The largest absolute Gasteiger partial charge is 0.377 e. The lowest BCUT2D eigenvalue weighted by Crippen LogP contribution is -2.43. The molecule has 1 heterocycles. The average molecular weight is 517 g/mol. The molecular formula is C24H22Cl2N4O3S. The number of nitrogens with zero attached hydrogens (tertiary/aromatic N) is 3. The Kier molecular flexibility index (Phi) is 6.95. The lowest BCUT2D eigenvalue weighted by atomic mass is 9.86. The van der Waals surface area contributed by atoms with E-state index >= 15 is 0 Å². The SMILES string of the molecule is CCN/C(=N\S(=O)(=O)c1ccc(Cl)cc1)N1CC(O)(c2ccccc2)C(c2ccc(Cl)cc2)=N1. The van der Waals surface area contributed by atoms with Gasteiger partial charge in [0.1, 0.15) is 5.71 Å². The summed E-state index contributed by atoms with van der Waals surface area (Å²) in [5.74, 6) is -0.00392. The minimum absolute atomic E-state index is 0.00392. The first-order valence-electron chi connectivity index (χ1n) is 10.5. The summed E-state index contributed by atoms with van der Waals surface area (Å²) in [4.78, 5) is -0.00766. The molecule has 176 valence electrons. The van der Waals surface area contributed by atoms with E-state index in [1.807, 2.05) is 25.1 Å². The van der Waals surface area contributed by atoms with Crippen LogP contribution in [-0.4, -0.2) is 43.3 Å². The molecule has 0 saturated heterocycles. The van der Waals surface area contributed by atoms with Crippen molar-refractivity contribution in [2.75, 3.05) is 13.1 Å². The summed E-state index contributed by atoms with van der Waals surface area (Å²) < 4.78 is 30.0. The topological polar surface area (TPSA) is 94.4 Å². The number of nitrogens with one attached hydrogen (secondary N) is 1. The van der Waals surface area contributed by atoms with Gasteiger partial charge in [0.15, 0.2) is 5.60 Å². The van der Waals surface area contributed by atoms with Crippen LogP contribution >= 0.6 is 23.2 Å². The maximum atomic E-state index is 13.0. The van der Waals surface area contributed by atoms with E-state index in [9.17, 15) is 13.5 Å². The van der Waals surface area contributed by atoms with Crippen LogP contribution in [0.5, 0.6) is 0 Å². The summed E-state index contributed by atoms with van der Waals surface area (Å²) in [5.41, 5.74) is 0.0945. The van der Waals surface area contributed by atoms with Gasteiger partial charge < -0.3 is 10.4 Å². The summed E-state index contributed by atoms with van der Waals surface area (Å²) in [6.45, 7) is 2.16. The van der Waals surface area contributed by atoms with Crippen LogP contribution in [0.2, 0.25) is 10.0 Å². The minimum atomic E-state index is -4.07. The Hall–Kier alpha value is -2.91. The Morgan fingerprint density at radius 1 is 1.03 bits per heavy atom. The fourth-order valence-corrected chi connectivity index (χ4v) is 4.82. The number of hydrogen-bond acceptors (Lipinski definition) is 4. The van der Waals surface area contributed by atoms with E-state index in [2.05, 4.69) is 14.8 Å². The lowest BCUT2D eigenvalue weighted by Gasteiger charge is -2.26. The van der Waals surface area contributed by atoms with E-state index in [1.54, 1.807) is 36.4 Å². The zero-order valence-corrected chi connectivity index (χ0v) is 20.5. The minimum Gasteiger partial charge on any atom is -0.377 e. The van der Waals surface area contributed by atoms with Gasteiger partial charge in [-0.2, -0.15) is 13.5 Å². The molecule has 0 amide bonds. The molecule has 10 heteroatoms. The first-order chi connectivity index (χ1) is 16.2. The smallest absolute Gasteiger partial charge is 0.285 e. The highest BCUT2D eigenvalue weighted by molar-refractivity contribution is 7.90. The number of β-amino-alcohol motifs (C(OH)–C–C–N with tert-alkyl or cyclic N) is 1. The van der Waals surface area contributed by atoms with Gasteiger partial charge in [0, 0.05) is 22.2 Å². The van der Waals surface area contributed by atoms with Crippen molar-refractivity contribution >= 4 is 44.9 Å². The molecule has 0 bridgehead atoms. The summed E-state index contributed by atoms with van der Waals surface area (Å²) in [6, 6.07) is 21.7. The van der Waals surface area contributed by atoms with Gasteiger partial charge in [-0.05, 0) is 48.9 Å². The van der Waals surface area contributed by atoms with Gasteiger partial charge in [0.25, 0.3) is 10.0 Å². The number of hydrogen-bond donors (Lipinski definition) is 2. The molecule has 3 aromatic carbocycles. The maximum Gasteiger partial charge on any atom is 0.285 e. The van der Waals surface area contributed by atoms with E-state index in [0.717, 1.165) is 0 Å². The van der Waals surface area contributed by atoms with Gasteiger partial charge in [-0.1, -0.05) is 65.7 Å². The van der Waals surface area contributed by atoms with Crippen LogP contribution in [0.1, 0.15) is 18.1 Å². The van der Waals surface area contributed by atoms with Crippen LogP contribution in [0.15, 0.2) is 93.3 Å². The Bertz CT molecular complexity index is 1330. The van der Waals surface area contributed by atoms with Gasteiger partial charge in [0.05, 0.1) is 11.4 Å². The van der Waals surface area contributed by atoms with Crippen LogP contribution in [0.3, 0.4) is 0 Å². The van der Waals surface area contributed by atoms with Crippen LogP contribution < -0.4 is 5.32 Å². The third-order valence-corrected chi connectivity index (χ3v) is 7.04. The van der Waals surface area contributed by atoms with E-state index in [-0.39, 0.29) is 17.4 Å². The molecule has 0 saturated carbocycles. The van der Waals surface area contributed by atoms with E-state index in [1.165, 1.54) is 29.3 Å². The zero-order chi connectivity index (χ0) is 24.3. The molecule has 0 fully saturated rings. The second-order valence-electron chi connectivity index (χ2n) is 7.61. The lowest BCUT2D eigenvalue weighted by molar-refractivity contribution is 0.103.